The van der Waals surface area contributed by atoms with Crippen molar-refractivity contribution in [3.63, 3.8) is 0 Å². The second kappa shape index (κ2) is 2.82. The van der Waals surface area contributed by atoms with Crippen LogP contribution in [0.1, 0.15) is 6.42 Å². The van der Waals surface area contributed by atoms with Gasteiger partial charge in [0.15, 0.2) is 0 Å². The van der Waals surface area contributed by atoms with Gasteiger partial charge in [0.2, 0.25) is 0 Å². The Bertz CT molecular complexity index is 193. The van der Waals surface area contributed by atoms with E-state index in [1.165, 1.54) is 0 Å². The van der Waals surface area contributed by atoms with Crippen LogP contribution in [0.3, 0.4) is 0 Å². The van der Waals surface area contributed by atoms with Gasteiger partial charge in [0.1, 0.15) is 0 Å². The van der Waals surface area contributed by atoms with Gasteiger partial charge in [0, 0.05) is 10.9 Å². The lowest BCUT2D eigenvalue weighted by atomic mass is 10.2. The maximum atomic E-state index is 8.30. The van der Waals surface area contributed by atoms with Crippen LogP contribution in [-0.2, 0) is 0 Å². The van der Waals surface area contributed by atoms with E-state index in [2.05, 4.69) is 21.1 Å². The molecule has 1 N–H and O–H groups in total. The number of hydrogen-bond donors (Lipinski definition) is 1. The van der Waals surface area contributed by atoms with Gasteiger partial charge in [0.05, 0.1) is 5.71 Å². The van der Waals surface area contributed by atoms with Crippen LogP contribution in [0.4, 0.5) is 0 Å². The highest BCUT2D eigenvalue weighted by atomic mass is 79.9. The van der Waals surface area contributed by atoms with Gasteiger partial charge < -0.3 is 5.21 Å². The summed E-state index contributed by atoms with van der Waals surface area (Å²) in [6.45, 7) is 0. The van der Waals surface area contributed by atoms with Crippen LogP contribution in [0.25, 0.3) is 0 Å². The van der Waals surface area contributed by atoms with Crippen LogP contribution in [0.2, 0.25) is 0 Å². The number of rotatable bonds is 0. The lowest BCUT2D eigenvalue weighted by Gasteiger charge is -2.00. The van der Waals surface area contributed by atoms with Crippen molar-refractivity contribution in [1.82, 2.24) is 0 Å². The molecule has 1 aliphatic carbocycles. The molecule has 0 fully saturated rings. The van der Waals surface area contributed by atoms with E-state index in [1.807, 2.05) is 12.2 Å². The van der Waals surface area contributed by atoms with Crippen molar-refractivity contribution in [3.05, 3.63) is 22.7 Å². The first kappa shape index (κ1) is 6.55. The largest absolute Gasteiger partial charge is 0.411 e. The maximum absolute atomic E-state index is 8.30. The summed E-state index contributed by atoms with van der Waals surface area (Å²) in [5, 5.41) is 11.4. The highest BCUT2D eigenvalue weighted by Gasteiger charge is 2.00. The van der Waals surface area contributed by atoms with E-state index < -0.39 is 0 Å². The van der Waals surface area contributed by atoms with E-state index in [9.17, 15) is 0 Å². The maximum Gasteiger partial charge on any atom is 0.0844 e. The summed E-state index contributed by atoms with van der Waals surface area (Å²) in [6.07, 6.45) is 6.22. The minimum absolute atomic E-state index is 0.685. The predicted molar refractivity (Wildman–Crippen MR) is 40.0 cm³/mol. The molecule has 0 aromatic rings. The number of hydrogen-bond acceptors (Lipinski definition) is 2. The molecule has 3 heteroatoms. The van der Waals surface area contributed by atoms with Gasteiger partial charge in [-0.3, -0.25) is 0 Å². The number of allylic oxidation sites excluding steroid dienone is 4. The Morgan fingerprint density at radius 2 is 2.44 bits per heavy atom. The highest BCUT2D eigenvalue weighted by molar-refractivity contribution is 9.11. The molecule has 1 aliphatic rings. The Kier molecular flexibility index (Phi) is 2.05. The fraction of sp³-hybridized carbons (Fsp3) is 0.167. The summed E-state index contributed by atoms with van der Waals surface area (Å²) in [7, 11) is 0. The summed E-state index contributed by atoms with van der Waals surface area (Å²) in [4.78, 5) is 0. The van der Waals surface area contributed by atoms with Gasteiger partial charge in [-0.05, 0) is 6.08 Å². The standard InChI is InChI=1S/C6H6BrNO/c7-5-2-1-3-6(4-5)8-9/h1-3,9H,4H2. The molecule has 0 bridgehead atoms. The first-order valence-corrected chi connectivity index (χ1v) is 3.36. The second-order valence-corrected chi connectivity index (χ2v) is 2.76. The molecule has 0 heterocycles. The van der Waals surface area contributed by atoms with E-state index >= 15 is 0 Å². The van der Waals surface area contributed by atoms with Gasteiger partial charge in [-0.2, -0.15) is 0 Å². The molecule has 0 amide bonds. The second-order valence-electron chi connectivity index (χ2n) is 1.74. The summed E-state index contributed by atoms with van der Waals surface area (Å²) >= 11 is 3.29. The van der Waals surface area contributed by atoms with E-state index in [1.54, 1.807) is 6.08 Å². The summed E-state index contributed by atoms with van der Waals surface area (Å²) < 4.78 is 1.04. The van der Waals surface area contributed by atoms with Crippen molar-refractivity contribution >= 4 is 21.6 Å². The van der Waals surface area contributed by atoms with Crippen LogP contribution in [0, 0.1) is 0 Å². The SMILES string of the molecule is ON=C1C=CC=C(Br)C1. The van der Waals surface area contributed by atoms with Crippen molar-refractivity contribution in [2.45, 2.75) is 6.42 Å². The number of halogens is 1. The summed E-state index contributed by atoms with van der Waals surface area (Å²) in [5.74, 6) is 0. The molecule has 0 saturated heterocycles. The van der Waals surface area contributed by atoms with Crippen molar-refractivity contribution in [3.8, 4) is 0 Å². The van der Waals surface area contributed by atoms with E-state index in [0.29, 0.717) is 12.1 Å². The Hall–Kier alpha value is -0.570. The van der Waals surface area contributed by atoms with Gasteiger partial charge in [0.25, 0.3) is 0 Å². The zero-order chi connectivity index (χ0) is 6.69. The third kappa shape index (κ3) is 1.68. The van der Waals surface area contributed by atoms with Crippen LogP contribution in [-0.4, -0.2) is 10.9 Å². The zero-order valence-electron chi connectivity index (χ0n) is 4.71. The Morgan fingerprint density at radius 3 is 2.89 bits per heavy atom. The van der Waals surface area contributed by atoms with Crippen molar-refractivity contribution < 1.29 is 5.21 Å². The van der Waals surface area contributed by atoms with E-state index in [4.69, 9.17) is 5.21 Å². The molecule has 0 radical (unpaired) electrons. The first-order chi connectivity index (χ1) is 4.33. The molecule has 0 aliphatic heterocycles. The molecule has 0 aromatic heterocycles. The molecule has 2 nitrogen and oxygen atoms in total. The van der Waals surface area contributed by atoms with Crippen molar-refractivity contribution in [2.75, 3.05) is 0 Å². The number of oxime groups is 1. The lowest BCUT2D eigenvalue weighted by molar-refractivity contribution is 0.318. The van der Waals surface area contributed by atoms with Gasteiger partial charge in [-0.15, -0.1) is 0 Å². The predicted octanol–water partition coefficient (Wildman–Crippen LogP) is 2.06. The van der Waals surface area contributed by atoms with Gasteiger partial charge in [-0.25, -0.2) is 0 Å². The van der Waals surface area contributed by atoms with Gasteiger partial charge >= 0.3 is 0 Å². The highest BCUT2D eigenvalue weighted by Crippen LogP contribution is 2.15. The van der Waals surface area contributed by atoms with E-state index in [-0.39, 0.29) is 0 Å². The minimum Gasteiger partial charge on any atom is -0.411 e. The third-order valence-electron chi connectivity index (χ3n) is 1.04. The fourth-order valence-electron chi connectivity index (χ4n) is 0.623. The Morgan fingerprint density at radius 1 is 1.67 bits per heavy atom. The van der Waals surface area contributed by atoms with Crippen molar-refractivity contribution in [1.29, 1.82) is 0 Å². The monoisotopic (exact) mass is 187 g/mol. The summed E-state index contributed by atoms with van der Waals surface area (Å²) in [5.41, 5.74) is 0.685. The molecule has 1 rings (SSSR count). The molecule has 0 unspecified atom stereocenters. The summed E-state index contributed by atoms with van der Waals surface area (Å²) in [6, 6.07) is 0. The lowest BCUT2D eigenvalue weighted by Crippen LogP contribution is -1.95. The zero-order valence-corrected chi connectivity index (χ0v) is 6.30. The van der Waals surface area contributed by atoms with Crippen LogP contribution >= 0.6 is 15.9 Å². The normalized spacial score (nSPS) is 22.3. The average Bonchev–Trinajstić information content (AvgIpc) is 1.88. The van der Waals surface area contributed by atoms with Crippen molar-refractivity contribution in [2.24, 2.45) is 5.16 Å². The van der Waals surface area contributed by atoms with Crippen LogP contribution in [0.5, 0.6) is 0 Å². The molecule has 0 aromatic carbocycles. The van der Waals surface area contributed by atoms with Crippen LogP contribution in [0.15, 0.2) is 27.9 Å². The topological polar surface area (TPSA) is 32.6 Å². The molecular weight excluding hydrogens is 182 g/mol. The third-order valence-corrected chi connectivity index (χ3v) is 1.59. The average molecular weight is 188 g/mol. The molecule has 0 spiro atoms. The number of nitrogens with zero attached hydrogens (tertiary/aromatic N) is 1. The molecule has 48 valence electrons. The Balaban J connectivity index is 2.73. The molecule has 0 atom stereocenters. The van der Waals surface area contributed by atoms with Crippen LogP contribution < -0.4 is 0 Å². The molecule has 9 heavy (non-hydrogen) atoms. The first-order valence-electron chi connectivity index (χ1n) is 2.56. The Labute approximate surface area is 61.7 Å². The fourth-order valence-corrected chi connectivity index (χ4v) is 1.06. The van der Waals surface area contributed by atoms with Gasteiger partial charge in [-0.1, -0.05) is 33.2 Å². The smallest absolute Gasteiger partial charge is 0.0844 e. The van der Waals surface area contributed by atoms with E-state index in [0.717, 1.165) is 4.48 Å². The quantitative estimate of drug-likeness (QED) is 0.458. The minimum atomic E-state index is 0.685. The molecular formula is C6H6BrNO. The molecule has 0 saturated carbocycles.